The molecule has 3 saturated carbocycles. The minimum absolute atomic E-state index is 0.00696. The van der Waals surface area contributed by atoms with Gasteiger partial charge in [-0.2, -0.15) is 4.21 Å². The molecule has 5 amide bonds. The van der Waals surface area contributed by atoms with Crippen LogP contribution in [0.3, 0.4) is 0 Å². The molecule has 5 N–H and O–H groups in total. The number of carbonyl (C=O) groups excluding carboxylic acids is 5. The maximum absolute atomic E-state index is 15.1. The number of nitrogens with zero attached hydrogens (tertiary/aromatic N) is 2. The van der Waals surface area contributed by atoms with Crippen molar-refractivity contribution in [1.82, 2.24) is 30.5 Å². The summed E-state index contributed by atoms with van der Waals surface area (Å²) in [7, 11) is -2.52. The lowest BCUT2D eigenvalue weighted by Crippen LogP contribution is -2.63. The van der Waals surface area contributed by atoms with E-state index in [1.165, 1.54) is 16.8 Å². The highest BCUT2D eigenvalue weighted by Gasteiger charge is 2.58. The largest absolute Gasteiger partial charge is 0.347 e. The van der Waals surface area contributed by atoms with E-state index < -0.39 is 68.2 Å². The van der Waals surface area contributed by atoms with E-state index in [1.54, 1.807) is 11.9 Å². The van der Waals surface area contributed by atoms with Crippen molar-refractivity contribution in [3.8, 4) is 0 Å². The molecule has 4 fully saturated rings. The van der Waals surface area contributed by atoms with Gasteiger partial charge in [-0.15, -0.1) is 9.53 Å². The van der Waals surface area contributed by atoms with Crippen LogP contribution >= 0.6 is 0 Å². The summed E-state index contributed by atoms with van der Waals surface area (Å²) >= 11 is 0. The maximum Gasteiger partial charge on any atom is 0.315 e. The van der Waals surface area contributed by atoms with E-state index in [0.29, 0.717) is 19.4 Å². The summed E-state index contributed by atoms with van der Waals surface area (Å²) in [6.45, 7) is 14.6. The molecule has 1 heterocycles. The number of likely N-dealkylation sites (tertiary alicyclic amines) is 1. The van der Waals surface area contributed by atoms with Crippen LogP contribution in [-0.4, -0.2) is 110 Å². The third kappa shape index (κ3) is 9.93. The Kier molecular flexibility index (Phi) is 12.4. The van der Waals surface area contributed by atoms with Crippen LogP contribution in [0, 0.1) is 28.1 Å². The maximum atomic E-state index is 15.1. The molecule has 0 radical (unpaired) electrons. The Morgan fingerprint density at radius 2 is 1.56 bits per heavy atom. The van der Waals surface area contributed by atoms with Crippen LogP contribution < -0.4 is 21.3 Å². The third-order valence-corrected chi connectivity index (χ3v) is 14.5. The molecule has 1 saturated heterocycles. The minimum Gasteiger partial charge on any atom is -0.347 e. The fraction of sp³-hybridized carbons (Fsp3) is 0.868. The first-order chi connectivity index (χ1) is 23.8. The monoisotopic (exact) mass is 752 g/mol. The van der Waals surface area contributed by atoms with Crippen LogP contribution in [0.25, 0.3) is 0 Å². The van der Waals surface area contributed by atoms with Gasteiger partial charge in [-0.3, -0.25) is 23.7 Å². The zero-order chi connectivity index (χ0) is 39.1. The molecule has 0 aromatic heterocycles. The number of carbonyl (C=O) groups is 5. The van der Waals surface area contributed by atoms with E-state index in [4.69, 9.17) is 0 Å². The van der Waals surface area contributed by atoms with Crippen LogP contribution in [0.4, 0.5) is 4.79 Å². The first-order valence-corrected chi connectivity index (χ1v) is 22.1. The highest BCUT2D eigenvalue weighted by molar-refractivity contribution is 8.11. The van der Waals surface area contributed by atoms with Gasteiger partial charge in [-0.25, -0.2) is 9.10 Å². The van der Waals surface area contributed by atoms with Gasteiger partial charge in [0.25, 0.3) is 5.91 Å². The van der Waals surface area contributed by atoms with Crippen LogP contribution in [0.2, 0.25) is 0 Å². The van der Waals surface area contributed by atoms with Gasteiger partial charge in [0.1, 0.15) is 12.1 Å². The van der Waals surface area contributed by atoms with E-state index in [-0.39, 0.29) is 35.7 Å². The molecule has 1 unspecified atom stereocenters. The number of hydrogen-bond donors (Lipinski definition) is 5. The standard InChI is InChI=1S/C38H68N6O7S/c1-11-15-27(30(45)33(47)39-24-16-17-24)40-32(46)29-25-18-21-37(5,6)26(25)22-44(29)34(48)31(38(7)19-13-12-14-20-38)42-35(49)41-28(36(2,3)4)23-43(8)52(9,10,50)51/h24-29,31H,11-23H2,1-10H3,(H,39,47)(H,40,46)(H,50,51)(H2,41,42,49)/t25-,26-,27?,28+,29-,31+/m0/s1. The Morgan fingerprint density at radius 3 is 2.10 bits per heavy atom. The van der Waals surface area contributed by atoms with Crippen molar-refractivity contribution >= 4 is 39.1 Å². The quantitative estimate of drug-likeness (QED) is 0.168. The lowest BCUT2D eigenvalue weighted by Gasteiger charge is -2.46. The predicted molar refractivity (Wildman–Crippen MR) is 204 cm³/mol. The lowest BCUT2D eigenvalue weighted by atomic mass is 9.70. The molecule has 4 aliphatic rings. The molecule has 0 spiro atoms. The van der Waals surface area contributed by atoms with Crippen LogP contribution in [0.1, 0.15) is 119 Å². The molecular formula is C38H68N6O7S. The van der Waals surface area contributed by atoms with Crippen molar-refractivity contribution in [1.29, 1.82) is 0 Å². The van der Waals surface area contributed by atoms with E-state index in [9.17, 15) is 27.9 Å². The van der Waals surface area contributed by atoms with Crippen molar-refractivity contribution in [2.75, 3.05) is 32.6 Å². The van der Waals surface area contributed by atoms with Gasteiger partial charge in [0.2, 0.25) is 17.6 Å². The van der Waals surface area contributed by atoms with Gasteiger partial charge in [0.15, 0.2) is 0 Å². The van der Waals surface area contributed by atoms with E-state index in [1.807, 2.05) is 34.6 Å². The van der Waals surface area contributed by atoms with Crippen LogP contribution in [0.5, 0.6) is 0 Å². The molecule has 4 rings (SSSR count). The summed E-state index contributed by atoms with van der Waals surface area (Å²) in [6.07, 6.45) is 11.0. The fourth-order valence-electron chi connectivity index (χ4n) is 8.53. The molecule has 1 aliphatic heterocycles. The lowest BCUT2D eigenvalue weighted by molar-refractivity contribution is -0.145. The molecule has 52 heavy (non-hydrogen) atoms. The topological polar surface area (TPSA) is 177 Å². The molecule has 298 valence electrons. The van der Waals surface area contributed by atoms with Crippen molar-refractivity contribution in [3.05, 3.63) is 0 Å². The SMILES string of the molecule is CCCC(NC(=O)[C@@H]1[C@H]2CCC(C)(C)[C@H]2CN1C(=O)[C@@H](NC(=O)N[C@H](CN(C)S(C)(C)(=O)O)C(C)(C)C)C1(C)CCCCC1)C(=O)C(=O)NC1CC1. The normalized spacial score (nSPS) is 26.7. The summed E-state index contributed by atoms with van der Waals surface area (Å²) in [5.74, 6) is -2.18. The van der Waals surface area contributed by atoms with E-state index >= 15 is 4.79 Å². The first-order valence-electron chi connectivity index (χ1n) is 19.5. The average Bonchev–Trinajstić information content (AvgIpc) is 3.67. The smallest absolute Gasteiger partial charge is 0.315 e. The van der Waals surface area contributed by atoms with Crippen molar-refractivity contribution in [2.45, 2.75) is 149 Å². The minimum atomic E-state index is -4.08. The molecule has 14 heteroatoms. The third-order valence-electron chi connectivity index (χ3n) is 12.6. The number of fused-ring (bicyclic) bond motifs is 1. The molecule has 6 atom stereocenters. The number of rotatable bonds is 14. The fourth-order valence-corrected chi connectivity index (χ4v) is 9.10. The van der Waals surface area contributed by atoms with Gasteiger partial charge in [0, 0.05) is 44.7 Å². The second-order valence-electron chi connectivity index (χ2n) is 18.9. The molecule has 0 aromatic rings. The Hall–Kier alpha value is -2.58. The first kappa shape index (κ1) is 42.2. The molecule has 13 nitrogen and oxygen atoms in total. The predicted octanol–water partition coefficient (Wildman–Crippen LogP) is 3.83. The molecule has 3 aliphatic carbocycles. The van der Waals surface area contributed by atoms with Gasteiger partial charge >= 0.3 is 6.03 Å². The summed E-state index contributed by atoms with van der Waals surface area (Å²) in [5.41, 5.74) is -1.19. The highest BCUT2D eigenvalue weighted by atomic mass is 32.3. The van der Waals surface area contributed by atoms with Crippen molar-refractivity contribution < 1.29 is 32.7 Å². The number of Topliss-reactive ketones (excluding diaryl/α,β-unsaturated/α-hetero) is 1. The number of likely N-dealkylation sites (N-methyl/N-ethyl adjacent to an activating group) is 1. The average molecular weight is 753 g/mol. The molecule has 0 bridgehead atoms. The second kappa shape index (κ2) is 15.3. The summed E-state index contributed by atoms with van der Waals surface area (Å²) in [5, 5.41) is 11.7. The van der Waals surface area contributed by atoms with Crippen LogP contribution in [-0.2, 0) is 28.7 Å². The highest BCUT2D eigenvalue weighted by Crippen LogP contribution is 2.53. The zero-order valence-corrected chi connectivity index (χ0v) is 34.2. The molecule has 0 aromatic carbocycles. The summed E-state index contributed by atoms with van der Waals surface area (Å²) in [4.78, 5) is 71.1. The van der Waals surface area contributed by atoms with E-state index in [2.05, 4.69) is 35.1 Å². The van der Waals surface area contributed by atoms with Gasteiger partial charge in [0.05, 0.1) is 6.04 Å². The second-order valence-corrected chi connectivity index (χ2v) is 22.9. The van der Waals surface area contributed by atoms with E-state index in [0.717, 1.165) is 57.8 Å². The number of urea groups is 1. The van der Waals surface area contributed by atoms with Gasteiger partial charge in [-0.05, 0) is 73.0 Å². The Bertz CT molecular complexity index is 1430. The van der Waals surface area contributed by atoms with Crippen LogP contribution in [0.15, 0.2) is 0 Å². The number of nitrogens with one attached hydrogen (secondary N) is 4. The van der Waals surface area contributed by atoms with Gasteiger partial charge in [-0.1, -0.05) is 74.1 Å². The van der Waals surface area contributed by atoms with Gasteiger partial charge < -0.3 is 26.2 Å². The Morgan fingerprint density at radius 1 is 0.942 bits per heavy atom. The Balaban J connectivity index is 1.63. The van der Waals surface area contributed by atoms with Crippen molar-refractivity contribution in [3.63, 3.8) is 0 Å². The number of hydrogen-bond acceptors (Lipinski definition) is 6. The number of amides is 5. The molecular weight excluding hydrogens is 685 g/mol. The summed E-state index contributed by atoms with van der Waals surface area (Å²) in [6, 6.07) is -3.87. The number of ketones is 1. The summed E-state index contributed by atoms with van der Waals surface area (Å²) < 4.78 is 24.9. The zero-order valence-electron chi connectivity index (χ0n) is 33.4. The Labute approximate surface area is 311 Å². The van der Waals surface area contributed by atoms with Crippen molar-refractivity contribution in [2.24, 2.45) is 28.1 Å².